The Morgan fingerprint density at radius 3 is 1.49 bits per heavy atom. The van der Waals surface area contributed by atoms with E-state index >= 15 is 0 Å². The van der Waals surface area contributed by atoms with Crippen LogP contribution in [-0.4, -0.2) is 59.9 Å². The number of ether oxygens (including phenoxy) is 2. The normalized spacial score (nSPS) is 14.3. The molecule has 0 bridgehead atoms. The van der Waals surface area contributed by atoms with E-state index in [4.69, 9.17) is 24.8 Å². The van der Waals surface area contributed by atoms with Crippen LogP contribution < -0.4 is 5.73 Å². The molecule has 0 heterocycles. The molecule has 318 valence electrons. The molecule has 4 N–H and O–H groups in total. The molecule has 11 nitrogen and oxygen atoms in total. The predicted molar refractivity (Wildman–Crippen MR) is 222 cm³/mol. The highest BCUT2D eigenvalue weighted by Gasteiger charge is 2.28. The molecule has 0 aliphatic heterocycles. The monoisotopic (exact) mass is 798 g/mol. The van der Waals surface area contributed by atoms with E-state index in [-0.39, 0.29) is 19.4 Å². The number of rotatable bonds is 39. The Balaban J connectivity index is 4.45. The number of nitrogens with two attached hydrogens (primary N) is 1. The van der Waals surface area contributed by atoms with Gasteiger partial charge in [0.25, 0.3) is 0 Å². The highest BCUT2D eigenvalue weighted by atomic mass is 31.2. The molecule has 55 heavy (non-hydrogen) atoms. The topological polar surface area (TPSA) is 172 Å². The van der Waals surface area contributed by atoms with Crippen LogP contribution in [0.4, 0.5) is 0 Å². The highest BCUT2D eigenvalue weighted by molar-refractivity contribution is 7.47. The van der Waals surface area contributed by atoms with Crippen LogP contribution in [0, 0.1) is 0 Å². The van der Waals surface area contributed by atoms with Crippen LogP contribution in [0.15, 0.2) is 48.6 Å². The van der Waals surface area contributed by atoms with Crippen molar-refractivity contribution in [3.05, 3.63) is 48.6 Å². The fraction of sp³-hybridized carbons (Fsp3) is 0.744. The fourth-order valence-electron chi connectivity index (χ4n) is 5.47. The van der Waals surface area contributed by atoms with Crippen LogP contribution in [0.5, 0.6) is 0 Å². The van der Waals surface area contributed by atoms with Crippen LogP contribution in [0.2, 0.25) is 0 Å². The van der Waals surface area contributed by atoms with Crippen molar-refractivity contribution in [1.29, 1.82) is 0 Å². The zero-order chi connectivity index (χ0) is 40.7. The minimum Gasteiger partial charge on any atom is -0.480 e. The highest BCUT2D eigenvalue weighted by Crippen LogP contribution is 2.43. The molecule has 0 aromatic heterocycles. The number of allylic oxidation sites excluding steroid dienone is 8. The number of phosphoric acid groups is 1. The van der Waals surface area contributed by atoms with Crippen molar-refractivity contribution in [2.75, 3.05) is 19.8 Å². The molecule has 0 aromatic carbocycles. The Hall–Kier alpha value is -2.56. The molecular weight excluding hydrogens is 721 g/mol. The van der Waals surface area contributed by atoms with E-state index < -0.39 is 51.1 Å². The molecule has 0 spiro atoms. The van der Waals surface area contributed by atoms with Crippen molar-refractivity contribution in [3.63, 3.8) is 0 Å². The van der Waals surface area contributed by atoms with E-state index in [2.05, 4.69) is 54.8 Å². The van der Waals surface area contributed by atoms with Gasteiger partial charge in [0.05, 0.1) is 13.2 Å². The number of unbranched alkanes of at least 4 members (excludes halogenated alkanes) is 17. The average Bonchev–Trinajstić information content (AvgIpc) is 3.16. The number of carboxylic acids is 1. The lowest BCUT2D eigenvalue weighted by molar-refractivity contribution is -0.161. The van der Waals surface area contributed by atoms with Gasteiger partial charge in [0.15, 0.2) is 6.10 Å². The van der Waals surface area contributed by atoms with Gasteiger partial charge in [-0.15, -0.1) is 0 Å². The van der Waals surface area contributed by atoms with Gasteiger partial charge in [-0.3, -0.25) is 23.4 Å². The SMILES string of the molecule is CCCCCCCCC/C=C/C/C=C/C/C=C/C/C=C/CCCC(=O)O[C@@H](COC(=O)CCCCCCCCCCCC)COP(=O)(O)OC[C@H](N)C(=O)O. The van der Waals surface area contributed by atoms with E-state index in [9.17, 15) is 23.8 Å². The summed E-state index contributed by atoms with van der Waals surface area (Å²) >= 11 is 0. The first-order valence-corrected chi connectivity index (χ1v) is 22.7. The van der Waals surface area contributed by atoms with Crippen molar-refractivity contribution in [1.82, 2.24) is 0 Å². The van der Waals surface area contributed by atoms with E-state index in [1.807, 2.05) is 12.2 Å². The van der Waals surface area contributed by atoms with Crippen LogP contribution in [0.25, 0.3) is 0 Å². The lowest BCUT2D eigenvalue weighted by atomic mass is 10.1. The summed E-state index contributed by atoms with van der Waals surface area (Å²) in [4.78, 5) is 45.8. The van der Waals surface area contributed by atoms with Crippen molar-refractivity contribution >= 4 is 25.7 Å². The van der Waals surface area contributed by atoms with Crippen molar-refractivity contribution in [2.45, 2.75) is 187 Å². The summed E-state index contributed by atoms with van der Waals surface area (Å²) in [5, 5.41) is 8.87. The summed E-state index contributed by atoms with van der Waals surface area (Å²) in [6.45, 7) is 2.72. The molecule has 0 aliphatic rings. The maximum atomic E-state index is 12.6. The molecule has 0 saturated carbocycles. The summed E-state index contributed by atoms with van der Waals surface area (Å²) in [5.41, 5.74) is 5.32. The minimum absolute atomic E-state index is 0.0856. The quantitative estimate of drug-likeness (QED) is 0.0234. The van der Waals surface area contributed by atoms with Gasteiger partial charge in [-0.05, 0) is 51.4 Å². The van der Waals surface area contributed by atoms with Gasteiger partial charge in [-0.1, -0.05) is 159 Å². The van der Waals surface area contributed by atoms with Gasteiger partial charge in [-0.2, -0.15) is 0 Å². The van der Waals surface area contributed by atoms with E-state index in [1.165, 1.54) is 89.9 Å². The van der Waals surface area contributed by atoms with E-state index in [1.54, 1.807) is 0 Å². The Kier molecular flexibility index (Phi) is 36.5. The van der Waals surface area contributed by atoms with Crippen molar-refractivity contribution in [2.24, 2.45) is 5.73 Å². The molecule has 0 saturated heterocycles. The third-order valence-electron chi connectivity index (χ3n) is 8.83. The summed E-state index contributed by atoms with van der Waals surface area (Å²) in [6.07, 6.45) is 42.0. The van der Waals surface area contributed by atoms with Crippen molar-refractivity contribution < 1.29 is 47.5 Å². The molecule has 0 fully saturated rings. The van der Waals surface area contributed by atoms with Gasteiger partial charge < -0.3 is 25.2 Å². The molecule has 0 aliphatic carbocycles. The van der Waals surface area contributed by atoms with Gasteiger partial charge in [0.2, 0.25) is 0 Å². The molecule has 12 heteroatoms. The number of carbonyl (C=O) groups is 3. The van der Waals surface area contributed by atoms with Crippen LogP contribution in [0.3, 0.4) is 0 Å². The van der Waals surface area contributed by atoms with Gasteiger partial charge in [0.1, 0.15) is 12.6 Å². The average molecular weight is 798 g/mol. The van der Waals surface area contributed by atoms with Crippen LogP contribution in [0.1, 0.15) is 174 Å². The zero-order valence-corrected chi connectivity index (χ0v) is 35.2. The van der Waals surface area contributed by atoms with E-state index in [0.29, 0.717) is 19.3 Å². The molecule has 0 aromatic rings. The predicted octanol–water partition coefficient (Wildman–Crippen LogP) is 11.0. The number of phosphoric ester groups is 1. The Morgan fingerprint density at radius 1 is 0.564 bits per heavy atom. The number of aliphatic carboxylic acids is 1. The first-order chi connectivity index (χ1) is 26.6. The largest absolute Gasteiger partial charge is 0.480 e. The summed E-state index contributed by atoms with van der Waals surface area (Å²) in [7, 11) is -4.73. The zero-order valence-electron chi connectivity index (χ0n) is 34.3. The Morgan fingerprint density at radius 2 is 0.982 bits per heavy atom. The standard InChI is InChI=1S/C43H76NO10P/c1-3-5-7-9-11-13-15-16-17-18-19-20-21-22-23-24-25-27-29-31-33-35-42(46)54-39(37-52-55(49,50)53-38-40(44)43(47)48)36-51-41(45)34-32-30-28-26-14-12-10-8-6-4-2/h17-18,20-21,23-24,27,29,39-40H,3-16,19,22,25-26,28,30-38,44H2,1-2H3,(H,47,48)(H,49,50)/b18-17+,21-20+,24-23+,29-27+/t39-,40-/m0/s1. The number of carbonyl (C=O) groups excluding carboxylic acids is 2. The number of hydrogen-bond acceptors (Lipinski definition) is 9. The molecular formula is C43H76NO10P. The molecule has 3 atom stereocenters. The van der Waals surface area contributed by atoms with E-state index in [0.717, 1.165) is 38.5 Å². The number of carboxylic acid groups (broad SMARTS) is 1. The number of hydrogen-bond donors (Lipinski definition) is 3. The molecule has 0 rings (SSSR count). The van der Waals surface area contributed by atoms with Crippen LogP contribution >= 0.6 is 7.82 Å². The first kappa shape index (κ1) is 52.4. The molecule has 0 amide bonds. The second-order valence-electron chi connectivity index (χ2n) is 14.1. The second-order valence-corrected chi connectivity index (χ2v) is 15.6. The minimum atomic E-state index is -4.73. The molecule has 0 radical (unpaired) electrons. The third kappa shape index (κ3) is 38.1. The third-order valence-corrected chi connectivity index (χ3v) is 9.78. The Bertz CT molecular complexity index is 1120. The lowest BCUT2D eigenvalue weighted by Gasteiger charge is -2.20. The van der Waals surface area contributed by atoms with Gasteiger partial charge >= 0.3 is 25.7 Å². The lowest BCUT2D eigenvalue weighted by Crippen LogP contribution is -2.34. The van der Waals surface area contributed by atoms with Crippen LogP contribution in [-0.2, 0) is 37.5 Å². The number of esters is 2. The summed E-state index contributed by atoms with van der Waals surface area (Å²) < 4.78 is 32.5. The first-order valence-electron chi connectivity index (χ1n) is 21.2. The van der Waals surface area contributed by atoms with Gasteiger partial charge in [0, 0.05) is 12.8 Å². The maximum Gasteiger partial charge on any atom is 0.472 e. The summed E-state index contributed by atoms with van der Waals surface area (Å²) in [5.74, 6) is -2.45. The molecule has 1 unspecified atom stereocenters. The Labute approximate surface area is 333 Å². The maximum absolute atomic E-state index is 12.6. The second kappa shape index (κ2) is 38.3. The van der Waals surface area contributed by atoms with Gasteiger partial charge in [-0.25, -0.2) is 4.57 Å². The fourth-order valence-corrected chi connectivity index (χ4v) is 6.25. The van der Waals surface area contributed by atoms with Crippen molar-refractivity contribution in [3.8, 4) is 0 Å². The smallest absolute Gasteiger partial charge is 0.472 e. The summed E-state index contributed by atoms with van der Waals surface area (Å²) in [6, 6.07) is -1.53.